The molecule has 1 amide bonds. The van der Waals surface area contributed by atoms with Crippen LogP contribution in [0.4, 0.5) is 10.1 Å². The molecule has 148 valence electrons. The van der Waals surface area contributed by atoms with Crippen LogP contribution < -0.4 is 19.9 Å². The highest BCUT2D eigenvalue weighted by Gasteiger charge is 2.23. The molecule has 0 fully saturated rings. The minimum atomic E-state index is -4.14. The van der Waals surface area contributed by atoms with Crippen LogP contribution in [0.2, 0.25) is 0 Å². The minimum Gasteiger partial charge on any atom is -0.454 e. The minimum absolute atomic E-state index is 0.0733. The van der Waals surface area contributed by atoms with Crippen molar-refractivity contribution >= 4 is 27.6 Å². The van der Waals surface area contributed by atoms with Gasteiger partial charge in [-0.1, -0.05) is 0 Å². The molecule has 0 aromatic heterocycles. The summed E-state index contributed by atoms with van der Waals surface area (Å²) in [5.41, 5.74) is -0.284. The van der Waals surface area contributed by atoms with Gasteiger partial charge in [0.05, 0.1) is 10.5 Å². The number of fused-ring (bicyclic) bond motifs is 1. The third-order valence-corrected chi connectivity index (χ3v) is 4.69. The zero-order chi connectivity index (χ0) is 20.5. The van der Waals surface area contributed by atoms with Crippen LogP contribution in [0, 0.1) is 5.82 Å². The first-order valence-corrected chi connectivity index (χ1v) is 9.43. The first kappa shape index (κ1) is 19.6. The zero-order valence-corrected chi connectivity index (χ0v) is 15.3. The molecule has 2 aromatic carbocycles. The summed E-state index contributed by atoms with van der Waals surface area (Å²) in [5.74, 6) is -1.93. The highest BCUT2D eigenvalue weighted by Crippen LogP contribution is 2.34. The van der Waals surface area contributed by atoms with Crippen LogP contribution in [-0.2, 0) is 19.6 Å². The lowest BCUT2D eigenvalue weighted by Gasteiger charge is -2.14. The van der Waals surface area contributed by atoms with Crippen molar-refractivity contribution in [2.24, 2.45) is 5.14 Å². The molecule has 3 N–H and O–H groups in total. The first-order valence-electron chi connectivity index (χ1n) is 7.89. The molecule has 0 spiro atoms. The van der Waals surface area contributed by atoms with E-state index in [9.17, 15) is 22.4 Å². The molecule has 11 heteroatoms. The van der Waals surface area contributed by atoms with Gasteiger partial charge in [0.2, 0.25) is 16.8 Å². The number of benzene rings is 2. The number of carbonyl (C=O) groups excluding carboxylic acids is 2. The summed E-state index contributed by atoms with van der Waals surface area (Å²) in [7, 11) is -4.14. The molecule has 2 aromatic rings. The topological polar surface area (TPSA) is 134 Å². The molecule has 1 aliphatic rings. The summed E-state index contributed by atoms with van der Waals surface area (Å²) in [6.07, 6.45) is -1.30. The number of anilines is 1. The summed E-state index contributed by atoms with van der Waals surface area (Å²) in [6.45, 7) is 1.35. The number of hydrogen-bond acceptors (Lipinski definition) is 7. The normalized spacial score (nSPS) is 13.7. The number of nitrogens with two attached hydrogens (primary N) is 1. The molecular weight excluding hydrogens is 395 g/mol. The molecule has 0 bridgehead atoms. The van der Waals surface area contributed by atoms with Gasteiger partial charge in [0.15, 0.2) is 17.6 Å². The van der Waals surface area contributed by atoms with E-state index in [0.29, 0.717) is 17.2 Å². The second kappa shape index (κ2) is 7.44. The number of primary sulfonamides is 1. The van der Waals surface area contributed by atoms with Crippen molar-refractivity contribution in [2.75, 3.05) is 12.1 Å². The Bertz CT molecular complexity index is 1060. The third-order valence-electron chi connectivity index (χ3n) is 3.78. The molecule has 9 nitrogen and oxygen atoms in total. The lowest BCUT2D eigenvalue weighted by atomic mass is 10.2. The average Bonchev–Trinajstić information content (AvgIpc) is 3.08. The summed E-state index contributed by atoms with van der Waals surface area (Å²) in [6, 6.07) is 7.13. The van der Waals surface area contributed by atoms with E-state index in [2.05, 4.69) is 5.32 Å². The van der Waals surface area contributed by atoms with Gasteiger partial charge in [0.1, 0.15) is 5.82 Å². The number of sulfonamides is 1. The van der Waals surface area contributed by atoms with Crippen LogP contribution in [0.5, 0.6) is 11.5 Å². The van der Waals surface area contributed by atoms with Gasteiger partial charge in [-0.15, -0.1) is 0 Å². The van der Waals surface area contributed by atoms with Crippen molar-refractivity contribution in [1.29, 1.82) is 0 Å². The van der Waals surface area contributed by atoms with Crippen LogP contribution in [0.3, 0.4) is 0 Å². The number of hydrogen-bond donors (Lipinski definition) is 2. The number of ether oxygens (including phenoxy) is 3. The maximum Gasteiger partial charge on any atom is 0.341 e. The molecule has 0 radical (unpaired) electrons. The fraction of sp³-hybridized carbons (Fsp3) is 0.176. The average molecular weight is 410 g/mol. The molecule has 0 saturated heterocycles. The molecule has 1 atom stereocenters. The van der Waals surface area contributed by atoms with Gasteiger partial charge in [-0.05, 0) is 37.3 Å². The summed E-state index contributed by atoms with van der Waals surface area (Å²) < 4.78 is 51.9. The number of nitrogens with one attached hydrogen (secondary N) is 1. The fourth-order valence-corrected chi connectivity index (χ4v) is 2.87. The molecule has 1 heterocycles. The fourth-order valence-electron chi connectivity index (χ4n) is 2.33. The van der Waals surface area contributed by atoms with Gasteiger partial charge in [-0.25, -0.2) is 22.7 Å². The Morgan fingerprint density at radius 1 is 1.18 bits per heavy atom. The van der Waals surface area contributed by atoms with Crippen LogP contribution in [0.25, 0.3) is 0 Å². The second-order valence-corrected chi connectivity index (χ2v) is 7.35. The SMILES string of the molecule is C[C@@H](OC(=O)c1cc(S(N)(=O)=O)ccc1F)C(=O)Nc1ccc2c(c1)OCO2. The maximum atomic E-state index is 13.9. The van der Waals surface area contributed by atoms with Crippen LogP contribution in [0.15, 0.2) is 41.3 Å². The quantitative estimate of drug-likeness (QED) is 0.711. The van der Waals surface area contributed by atoms with E-state index in [4.69, 9.17) is 19.3 Å². The van der Waals surface area contributed by atoms with Gasteiger partial charge in [0, 0.05) is 11.8 Å². The Morgan fingerprint density at radius 2 is 1.89 bits per heavy atom. The van der Waals surface area contributed by atoms with Crippen molar-refractivity contribution < 1.29 is 36.6 Å². The van der Waals surface area contributed by atoms with E-state index < -0.39 is 44.3 Å². The van der Waals surface area contributed by atoms with E-state index in [1.807, 2.05) is 0 Å². The van der Waals surface area contributed by atoms with Crippen molar-refractivity contribution in [2.45, 2.75) is 17.9 Å². The Morgan fingerprint density at radius 3 is 2.61 bits per heavy atom. The summed E-state index contributed by atoms with van der Waals surface area (Å²) in [5, 5.41) is 7.48. The van der Waals surface area contributed by atoms with Crippen molar-refractivity contribution in [1.82, 2.24) is 0 Å². The first-order chi connectivity index (χ1) is 13.1. The summed E-state index contributed by atoms with van der Waals surface area (Å²) in [4.78, 5) is 23.9. The van der Waals surface area contributed by atoms with E-state index in [-0.39, 0.29) is 6.79 Å². The molecule has 1 aliphatic heterocycles. The number of carbonyl (C=O) groups is 2. The van der Waals surface area contributed by atoms with E-state index in [1.165, 1.54) is 13.0 Å². The third kappa shape index (κ3) is 4.21. The van der Waals surface area contributed by atoms with Crippen molar-refractivity contribution in [3.63, 3.8) is 0 Å². The predicted octanol–water partition coefficient (Wildman–Crippen LogP) is 1.39. The van der Waals surface area contributed by atoms with Crippen LogP contribution in [-0.4, -0.2) is 33.2 Å². The number of rotatable bonds is 5. The maximum absolute atomic E-state index is 13.9. The number of esters is 1. The lowest BCUT2D eigenvalue weighted by Crippen LogP contribution is -2.30. The molecule has 3 rings (SSSR count). The monoisotopic (exact) mass is 410 g/mol. The largest absolute Gasteiger partial charge is 0.454 e. The number of halogens is 1. The Labute approximate surface area is 159 Å². The van der Waals surface area contributed by atoms with E-state index in [1.54, 1.807) is 12.1 Å². The van der Waals surface area contributed by atoms with Gasteiger partial charge in [-0.3, -0.25) is 4.79 Å². The number of amides is 1. The van der Waals surface area contributed by atoms with Gasteiger partial charge >= 0.3 is 5.97 Å². The van der Waals surface area contributed by atoms with E-state index in [0.717, 1.165) is 18.2 Å². The predicted molar refractivity (Wildman–Crippen MR) is 93.8 cm³/mol. The lowest BCUT2D eigenvalue weighted by molar-refractivity contribution is -0.123. The van der Waals surface area contributed by atoms with Gasteiger partial charge in [-0.2, -0.15) is 0 Å². The molecule has 0 aliphatic carbocycles. The smallest absolute Gasteiger partial charge is 0.341 e. The molecule has 0 saturated carbocycles. The van der Waals surface area contributed by atoms with Gasteiger partial charge < -0.3 is 19.5 Å². The Kier molecular flexibility index (Phi) is 5.21. The van der Waals surface area contributed by atoms with Crippen LogP contribution >= 0.6 is 0 Å². The molecular formula is C17H15FN2O7S. The Hall–Kier alpha value is -3.18. The van der Waals surface area contributed by atoms with Crippen LogP contribution in [0.1, 0.15) is 17.3 Å². The standard InChI is InChI=1S/C17H15FN2O7S/c1-9(16(21)20-10-2-5-14-15(6-10)26-8-25-14)27-17(22)12-7-11(28(19,23)24)3-4-13(12)18/h2-7,9H,8H2,1H3,(H,20,21)(H2,19,23,24)/t9-/m1/s1. The van der Waals surface area contributed by atoms with Crippen molar-refractivity contribution in [3.05, 3.63) is 47.8 Å². The van der Waals surface area contributed by atoms with E-state index >= 15 is 0 Å². The van der Waals surface area contributed by atoms with Gasteiger partial charge in [0.25, 0.3) is 5.91 Å². The molecule has 28 heavy (non-hydrogen) atoms. The second-order valence-electron chi connectivity index (χ2n) is 5.79. The Balaban J connectivity index is 1.69. The van der Waals surface area contributed by atoms with Crippen molar-refractivity contribution in [3.8, 4) is 11.5 Å². The highest BCUT2D eigenvalue weighted by molar-refractivity contribution is 7.89. The highest BCUT2D eigenvalue weighted by atomic mass is 32.2. The zero-order valence-electron chi connectivity index (χ0n) is 14.5. The summed E-state index contributed by atoms with van der Waals surface area (Å²) >= 11 is 0. The molecule has 0 unspecified atom stereocenters.